The molecule has 0 nitrogen and oxygen atoms in total. The summed E-state index contributed by atoms with van der Waals surface area (Å²) in [7, 11) is 0. The molecule has 0 aliphatic rings. The molecule has 0 aliphatic heterocycles. The molecule has 0 aliphatic carbocycles. The van der Waals surface area contributed by atoms with Crippen molar-refractivity contribution >= 4 is 5.57 Å². The highest BCUT2D eigenvalue weighted by atomic mass is 14.1. The topological polar surface area (TPSA) is 0 Å². The lowest BCUT2D eigenvalue weighted by Gasteiger charge is -2.14. The van der Waals surface area contributed by atoms with Gasteiger partial charge in [-0.05, 0) is 49.3 Å². The Bertz CT molecular complexity index is 626. The van der Waals surface area contributed by atoms with E-state index in [-0.39, 0.29) is 0 Å². The molecule has 0 saturated heterocycles. The minimum atomic E-state index is 0.917. The van der Waals surface area contributed by atoms with Gasteiger partial charge in [0.1, 0.15) is 0 Å². The zero-order chi connectivity index (χ0) is 20.7. The Balaban J connectivity index is 0.000000395. The Morgan fingerprint density at radius 3 is 1.56 bits per heavy atom. The monoisotopic (exact) mass is 364 g/mol. The van der Waals surface area contributed by atoms with E-state index in [0.29, 0.717) is 0 Å². The average Bonchev–Trinajstić information content (AvgIpc) is 2.73. The Morgan fingerprint density at radius 2 is 1.26 bits per heavy atom. The van der Waals surface area contributed by atoms with Crippen LogP contribution in [0.4, 0.5) is 0 Å². The fourth-order valence-corrected chi connectivity index (χ4v) is 2.38. The van der Waals surface area contributed by atoms with Crippen molar-refractivity contribution in [2.45, 2.75) is 61.3 Å². The molecule has 0 fully saturated rings. The van der Waals surface area contributed by atoms with Gasteiger partial charge in [0.2, 0.25) is 0 Å². The first kappa shape index (κ1) is 24.9. The van der Waals surface area contributed by atoms with Gasteiger partial charge in [-0.2, -0.15) is 0 Å². The molecule has 0 saturated carbocycles. The third kappa shape index (κ3) is 11.3. The largest absolute Gasteiger partial charge is 0.0909 e. The molecule has 2 rings (SSSR count). The van der Waals surface area contributed by atoms with E-state index in [1.807, 2.05) is 43.3 Å². The zero-order valence-electron chi connectivity index (χ0n) is 18.6. The quantitative estimate of drug-likeness (QED) is 0.465. The molecule has 0 N–H and O–H groups in total. The van der Waals surface area contributed by atoms with Gasteiger partial charge in [0.05, 0.1) is 0 Å². The second kappa shape index (κ2) is 15.0. The number of rotatable bonds is 5. The molecule has 0 amide bonds. The summed E-state index contributed by atoms with van der Waals surface area (Å²) < 4.78 is 0. The first-order valence-electron chi connectivity index (χ1n) is 10.3. The number of hydrogen-bond acceptors (Lipinski definition) is 0. The van der Waals surface area contributed by atoms with Crippen molar-refractivity contribution < 1.29 is 0 Å². The molecule has 148 valence electrons. The predicted molar refractivity (Wildman–Crippen MR) is 125 cm³/mol. The molecule has 2 aromatic rings. The summed E-state index contributed by atoms with van der Waals surface area (Å²) in [6.07, 6.45) is 4.74. The van der Waals surface area contributed by atoms with Crippen LogP contribution in [-0.2, 0) is 0 Å². The van der Waals surface area contributed by atoms with Crippen LogP contribution in [0.2, 0.25) is 0 Å². The van der Waals surface area contributed by atoms with E-state index in [4.69, 9.17) is 0 Å². The fourth-order valence-electron chi connectivity index (χ4n) is 2.38. The van der Waals surface area contributed by atoms with Crippen molar-refractivity contribution in [1.29, 1.82) is 0 Å². The van der Waals surface area contributed by atoms with Crippen LogP contribution >= 0.6 is 0 Å². The molecule has 27 heavy (non-hydrogen) atoms. The predicted octanol–water partition coefficient (Wildman–Crippen LogP) is 8.74. The highest BCUT2D eigenvalue weighted by molar-refractivity contribution is 5.76. The van der Waals surface area contributed by atoms with Gasteiger partial charge < -0.3 is 0 Å². The summed E-state index contributed by atoms with van der Waals surface area (Å²) in [4.78, 5) is 0. The lowest BCUT2D eigenvalue weighted by atomic mass is 9.92. The van der Waals surface area contributed by atoms with Gasteiger partial charge in [0.15, 0.2) is 0 Å². The van der Waals surface area contributed by atoms with Crippen LogP contribution in [-0.4, -0.2) is 0 Å². The summed E-state index contributed by atoms with van der Waals surface area (Å²) >= 11 is 0. The van der Waals surface area contributed by atoms with Crippen LogP contribution in [0.15, 0.2) is 78.9 Å². The van der Waals surface area contributed by atoms with Crippen molar-refractivity contribution in [3.8, 4) is 0 Å². The molecule has 0 heterocycles. The van der Waals surface area contributed by atoms with E-state index in [9.17, 15) is 0 Å². The highest BCUT2D eigenvalue weighted by Gasteiger charge is 2.05. The van der Waals surface area contributed by atoms with Crippen LogP contribution in [0.5, 0.6) is 0 Å². The standard InChI is InChI=1S/C12H14.C8H18.C7H8/c1-4-10(2)11(3)12-8-6-5-7-9-12;1-5-7(3)8(4)6-2;1-7-5-3-2-4-6-7/h4-9H,3H2,1-2H3;7-8H,5-6H2,1-4H3;2-6H,1H3/b10-4-;;. The minimum absolute atomic E-state index is 0.917. The fraction of sp³-hybridized carbons (Fsp3) is 0.407. The maximum atomic E-state index is 4.03. The van der Waals surface area contributed by atoms with Crippen molar-refractivity contribution in [3.05, 3.63) is 90.0 Å². The van der Waals surface area contributed by atoms with Gasteiger partial charge in [0.25, 0.3) is 0 Å². The van der Waals surface area contributed by atoms with E-state index in [0.717, 1.165) is 17.4 Å². The second-order valence-corrected chi connectivity index (χ2v) is 7.24. The van der Waals surface area contributed by atoms with Crippen LogP contribution in [0.1, 0.15) is 65.5 Å². The van der Waals surface area contributed by atoms with Gasteiger partial charge in [-0.1, -0.05) is 119 Å². The summed E-state index contributed by atoms with van der Waals surface area (Å²) in [5.74, 6) is 1.83. The molecule has 2 aromatic carbocycles. The van der Waals surface area contributed by atoms with Gasteiger partial charge >= 0.3 is 0 Å². The highest BCUT2D eigenvalue weighted by Crippen LogP contribution is 2.19. The third-order valence-corrected chi connectivity index (χ3v) is 5.23. The molecule has 0 heteroatoms. The molecule has 0 bridgehead atoms. The number of benzene rings is 2. The SMILES string of the molecule is C=C(/C(C)=C\C)c1ccccc1.CCC(C)C(C)CC.Cc1ccccc1. The third-order valence-electron chi connectivity index (χ3n) is 5.23. The molecular weight excluding hydrogens is 324 g/mol. The van der Waals surface area contributed by atoms with Crippen LogP contribution in [0.3, 0.4) is 0 Å². The Morgan fingerprint density at radius 1 is 0.852 bits per heavy atom. The van der Waals surface area contributed by atoms with Crippen molar-refractivity contribution in [2.75, 3.05) is 0 Å². The summed E-state index contributed by atoms with van der Waals surface area (Å²) in [5, 5.41) is 0. The minimum Gasteiger partial charge on any atom is -0.0909 e. The molecule has 0 radical (unpaired) electrons. The van der Waals surface area contributed by atoms with Gasteiger partial charge in [-0.15, -0.1) is 0 Å². The zero-order valence-corrected chi connectivity index (χ0v) is 18.6. The van der Waals surface area contributed by atoms with E-state index in [2.05, 4.69) is 78.5 Å². The molecular formula is C27H40. The van der Waals surface area contributed by atoms with E-state index < -0.39 is 0 Å². The van der Waals surface area contributed by atoms with Gasteiger partial charge in [0, 0.05) is 0 Å². The van der Waals surface area contributed by atoms with Crippen LogP contribution < -0.4 is 0 Å². The lowest BCUT2D eigenvalue weighted by Crippen LogP contribution is -2.04. The maximum Gasteiger partial charge on any atom is -0.0187 e. The smallest absolute Gasteiger partial charge is 0.0187 e. The maximum absolute atomic E-state index is 4.03. The first-order chi connectivity index (χ1) is 12.9. The van der Waals surface area contributed by atoms with Gasteiger partial charge in [-0.25, -0.2) is 0 Å². The van der Waals surface area contributed by atoms with Crippen molar-refractivity contribution in [1.82, 2.24) is 0 Å². The van der Waals surface area contributed by atoms with Crippen molar-refractivity contribution in [2.24, 2.45) is 11.8 Å². The Kier molecular flexibility index (Phi) is 13.9. The average molecular weight is 365 g/mol. The number of hydrogen-bond donors (Lipinski definition) is 0. The lowest BCUT2D eigenvalue weighted by molar-refractivity contribution is 0.367. The Labute approximate surface area is 169 Å². The molecule has 2 atom stereocenters. The summed E-state index contributed by atoms with van der Waals surface area (Å²) in [5.41, 5.74) is 4.87. The van der Waals surface area contributed by atoms with Crippen LogP contribution in [0.25, 0.3) is 5.57 Å². The summed E-state index contributed by atoms with van der Waals surface area (Å²) in [6.45, 7) is 19.4. The first-order valence-corrected chi connectivity index (χ1v) is 10.3. The number of allylic oxidation sites excluding steroid dienone is 3. The molecule has 0 aromatic heterocycles. The molecule has 2 unspecified atom stereocenters. The van der Waals surface area contributed by atoms with Crippen molar-refractivity contribution in [3.63, 3.8) is 0 Å². The Hall–Kier alpha value is -2.08. The normalized spacial score (nSPS) is 12.6. The van der Waals surface area contributed by atoms with E-state index in [1.165, 1.54) is 29.5 Å². The summed E-state index contributed by atoms with van der Waals surface area (Å²) in [6, 6.07) is 20.5. The number of aryl methyl sites for hydroxylation is 1. The van der Waals surface area contributed by atoms with E-state index >= 15 is 0 Å². The molecule has 0 spiro atoms. The van der Waals surface area contributed by atoms with E-state index in [1.54, 1.807) is 0 Å². The van der Waals surface area contributed by atoms with Crippen LogP contribution in [0, 0.1) is 18.8 Å². The van der Waals surface area contributed by atoms with Gasteiger partial charge in [-0.3, -0.25) is 0 Å². The second-order valence-electron chi connectivity index (χ2n) is 7.24.